The van der Waals surface area contributed by atoms with Gasteiger partial charge in [0.2, 0.25) is 0 Å². The molecule has 0 aliphatic heterocycles. The Bertz CT molecular complexity index is 416. The number of halogens is 4. The van der Waals surface area contributed by atoms with Crippen molar-refractivity contribution >= 4 is 0 Å². The Hall–Kier alpha value is -1.10. The standard InChI is InChI=1S/C14H17F4N/c15-12-7-3-1-5-10(12)9-19-13-8-4-2-6-11(13)14(16,17)18/h1,3,5,7,11,13,19H,2,4,6,8-9H2. The van der Waals surface area contributed by atoms with Crippen molar-refractivity contribution in [1.82, 2.24) is 5.32 Å². The summed E-state index contributed by atoms with van der Waals surface area (Å²) in [4.78, 5) is 0. The van der Waals surface area contributed by atoms with Crippen molar-refractivity contribution in [2.75, 3.05) is 0 Å². The molecule has 2 unspecified atom stereocenters. The normalized spacial score (nSPS) is 24.4. The zero-order valence-electron chi connectivity index (χ0n) is 10.5. The lowest BCUT2D eigenvalue weighted by molar-refractivity contribution is -0.189. The smallest absolute Gasteiger partial charge is 0.309 e. The molecule has 0 saturated heterocycles. The van der Waals surface area contributed by atoms with Crippen molar-refractivity contribution in [1.29, 1.82) is 0 Å². The molecule has 2 rings (SSSR count). The molecule has 0 spiro atoms. The number of alkyl halides is 3. The van der Waals surface area contributed by atoms with E-state index in [9.17, 15) is 17.6 Å². The van der Waals surface area contributed by atoms with Crippen LogP contribution in [0.25, 0.3) is 0 Å². The molecule has 0 heterocycles. The van der Waals surface area contributed by atoms with Crippen LogP contribution in [0.4, 0.5) is 17.6 Å². The second-order valence-corrected chi connectivity index (χ2v) is 5.01. The lowest BCUT2D eigenvalue weighted by Crippen LogP contribution is -2.45. The van der Waals surface area contributed by atoms with Gasteiger partial charge in [-0.3, -0.25) is 0 Å². The topological polar surface area (TPSA) is 12.0 Å². The number of rotatable bonds is 3. The molecule has 0 aromatic heterocycles. The quantitative estimate of drug-likeness (QED) is 0.821. The Labute approximate surface area is 110 Å². The van der Waals surface area contributed by atoms with Crippen LogP contribution in [0, 0.1) is 11.7 Å². The second kappa shape index (κ2) is 5.90. The SMILES string of the molecule is Fc1ccccc1CNC1CCCCC1C(F)(F)F. The fourth-order valence-corrected chi connectivity index (χ4v) is 2.65. The van der Waals surface area contributed by atoms with E-state index >= 15 is 0 Å². The first-order valence-corrected chi connectivity index (χ1v) is 6.52. The molecule has 106 valence electrons. The highest BCUT2D eigenvalue weighted by Crippen LogP contribution is 2.37. The molecule has 1 nitrogen and oxygen atoms in total. The summed E-state index contributed by atoms with van der Waals surface area (Å²) in [5.74, 6) is -1.69. The summed E-state index contributed by atoms with van der Waals surface area (Å²) in [6.45, 7) is 0.143. The van der Waals surface area contributed by atoms with Gasteiger partial charge in [-0.25, -0.2) is 4.39 Å². The summed E-state index contributed by atoms with van der Waals surface area (Å²) in [5, 5.41) is 2.88. The molecule has 0 radical (unpaired) electrons. The third kappa shape index (κ3) is 3.69. The first-order valence-electron chi connectivity index (χ1n) is 6.52. The van der Waals surface area contributed by atoms with E-state index < -0.39 is 18.1 Å². The summed E-state index contributed by atoms with van der Waals surface area (Å²) >= 11 is 0. The van der Waals surface area contributed by atoms with Crippen molar-refractivity contribution in [3.05, 3.63) is 35.6 Å². The van der Waals surface area contributed by atoms with Gasteiger partial charge < -0.3 is 5.32 Å². The molecule has 0 amide bonds. The Morgan fingerprint density at radius 1 is 1.11 bits per heavy atom. The number of hydrogen-bond donors (Lipinski definition) is 1. The minimum atomic E-state index is -4.17. The van der Waals surface area contributed by atoms with Crippen LogP contribution in [0.1, 0.15) is 31.2 Å². The number of hydrogen-bond acceptors (Lipinski definition) is 1. The molecular weight excluding hydrogens is 258 g/mol. The van der Waals surface area contributed by atoms with E-state index in [1.54, 1.807) is 18.2 Å². The van der Waals surface area contributed by atoms with Crippen LogP contribution in [0.2, 0.25) is 0 Å². The molecule has 1 aliphatic carbocycles. The maximum atomic E-state index is 13.4. The first kappa shape index (κ1) is 14.3. The summed E-state index contributed by atoms with van der Waals surface area (Å²) < 4.78 is 52.1. The van der Waals surface area contributed by atoms with Gasteiger partial charge in [-0.2, -0.15) is 13.2 Å². The van der Waals surface area contributed by atoms with Gasteiger partial charge in [-0.05, 0) is 18.9 Å². The zero-order valence-corrected chi connectivity index (χ0v) is 10.5. The van der Waals surface area contributed by atoms with Gasteiger partial charge in [0, 0.05) is 18.2 Å². The van der Waals surface area contributed by atoms with Crippen molar-refractivity contribution in [3.8, 4) is 0 Å². The Kier molecular flexibility index (Phi) is 4.45. The Morgan fingerprint density at radius 3 is 2.47 bits per heavy atom. The van der Waals surface area contributed by atoms with Crippen LogP contribution in [-0.4, -0.2) is 12.2 Å². The van der Waals surface area contributed by atoms with E-state index in [4.69, 9.17) is 0 Å². The predicted molar refractivity (Wildman–Crippen MR) is 65.0 cm³/mol. The third-order valence-corrected chi connectivity index (χ3v) is 3.70. The monoisotopic (exact) mass is 275 g/mol. The molecule has 1 aromatic carbocycles. The summed E-state index contributed by atoms with van der Waals surface area (Å²) in [6.07, 6.45) is -2.10. The van der Waals surface area contributed by atoms with Gasteiger partial charge in [0.1, 0.15) is 5.82 Å². The second-order valence-electron chi connectivity index (χ2n) is 5.01. The molecule has 1 saturated carbocycles. The van der Waals surface area contributed by atoms with Crippen LogP contribution in [-0.2, 0) is 6.54 Å². The lowest BCUT2D eigenvalue weighted by Gasteiger charge is -2.33. The molecule has 1 aromatic rings. The average molecular weight is 275 g/mol. The van der Waals surface area contributed by atoms with Crippen LogP contribution >= 0.6 is 0 Å². The maximum absolute atomic E-state index is 13.4. The van der Waals surface area contributed by atoms with Gasteiger partial charge in [-0.1, -0.05) is 31.0 Å². The first-order chi connectivity index (χ1) is 8.98. The molecule has 0 bridgehead atoms. The summed E-state index contributed by atoms with van der Waals surface area (Å²) in [7, 11) is 0. The molecule has 2 atom stereocenters. The van der Waals surface area contributed by atoms with E-state index in [0.717, 1.165) is 6.42 Å². The fourth-order valence-electron chi connectivity index (χ4n) is 2.65. The van der Waals surface area contributed by atoms with E-state index in [-0.39, 0.29) is 18.8 Å². The molecule has 5 heteroatoms. The van der Waals surface area contributed by atoms with Gasteiger partial charge in [0.25, 0.3) is 0 Å². The lowest BCUT2D eigenvalue weighted by atomic mass is 9.84. The van der Waals surface area contributed by atoms with E-state index in [1.165, 1.54) is 6.07 Å². The average Bonchev–Trinajstić information content (AvgIpc) is 2.37. The van der Waals surface area contributed by atoms with E-state index in [2.05, 4.69) is 5.32 Å². The highest BCUT2D eigenvalue weighted by atomic mass is 19.4. The van der Waals surface area contributed by atoms with Crippen molar-refractivity contribution < 1.29 is 17.6 Å². The van der Waals surface area contributed by atoms with Gasteiger partial charge in [0.05, 0.1) is 5.92 Å². The van der Waals surface area contributed by atoms with Gasteiger partial charge in [-0.15, -0.1) is 0 Å². The Balaban J connectivity index is 1.99. The minimum Gasteiger partial charge on any atom is -0.309 e. The molecular formula is C14H17F4N. The van der Waals surface area contributed by atoms with Crippen molar-refractivity contribution in [2.24, 2.45) is 5.92 Å². The maximum Gasteiger partial charge on any atom is 0.393 e. The van der Waals surface area contributed by atoms with Gasteiger partial charge >= 0.3 is 6.18 Å². The highest BCUT2D eigenvalue weighted by Gasteiger charge is 2.45. The van der Waals surface area contributed by atoms with Gasteiger partial charge in [0.15, 0.2) is 0 Å². The Morgan fingerprint density at radius 2 is 1.79 bits per heavy atom. The van der Waals surface area contributed by atoms with Crippen LogP contribution in [0.3, 0.4) is 0 Å². The van der Waals surface area contributed by atoms with Crippen LogP contribution in [0.15, 0.2) is 24.3 Å². The molecule has 1 N–H and O–H groups in total. The molecule has 1 fully saturated rings. The highest BCUT2D eigenvalue weighted by molar-refractivity contribution is 5.17. The zero-order chi connectivity index (χ0) is 13.9. The van der Waals surface area contributed by atoms with Crippen LogP contribution < -0.4 is 5.32 Å². The van der Waals surface area contributed by atoms with Crippen LogP contribution in [0.5, 0.6) is 0 Å². The summed E-state index contributed by atoms with van der Waals surface area (Å²) in [5.41, 5.74) is 0.411. The summed E-state index contributed by atoms with van der Waals surface area (Å²) in [6, 6.07) is 5.56. The van der Waals surface area contributed by atoms with Crippen molar-refractivity contribution in [3.63, 3.8) is 0 Å². The van der Waals surface area contributed by atoms with E-state index in [1.807, 2.05) is 0 Å². The number of benzene rings is 1. The molecule has 1 aliphatic rings. The largest absolute Gasteiger partial charge is 0.393 e. The van der Waals surface area contributed by atoms with Crippen molar-refractivity contribution in [2.45, 2.75) is 44.4 Å². The molecule has 19 heavy (non-hydrogen) atoms. The third-order valence-electron chi connectivity index (χ3n) is 3.70. The predicted octanol–water partition coefficient (Wildman–Crippen LogP) is 4.04. The van der Waals surface area contributed by atoms with E-state index in [0.29, 0.717) is 18.4 Å². The fraction of sp³-hybridized carbons (Fsp3) is 0.571. The minimum absolute atomic E-state index is 0.143. The number of nitrogens with one attached hydrogen (secondary N) is 1.